The Bertz CT molecular complexity index is 544. The first-order chi connectivity index (χ1) is 10.3. The molecule has 1 heterocycles. The highest BCUT2D eigenvalue weighted by Gasteiger charge is 2.40. The maximum atomic E-state index is 11.3. The summed E-state index contributed by atoms with van der Waals surface area (Å²) in [6.45, 7) is 2.70. The molecular formula is C8H16O12P3-3. The molecule has 138 valence electrons. The van der Waals surface area contributed by atoms with E-state index in [0.717, 1.165) is 0 Å². The molecule has 7 unspecified atom stereocenters. The van der Waals surface area contributed by atoms with Crippen LogP contribution in [0.25, 0.3) is 0 Å². The van der Waals surface area contributed by atoms with Crippen molar-refractivity contribution in [1.82, 2.24) is 0 Å². The maximum Gasteiger partial charge on any atom is 0.280 e. The second-order valence-electron chi connectivity index (χ2n) is 4.76. The van der Waals surface area contributed by atoms with Crippen molar-refractivity contribution in [2.45, 2.75) is 38.6 Å². The molecule has 0 aromatic rings. The molecule has 1 aliphatic heterocycles. The molecule has 0 amide bonds. The van der Waals surface area contributed by atoms with Gasteiger partial charge in [-0.2, -0.15) is 0 Å². The summed E-state index contributed by atoms with van der Waals surface area (Å²) in [5, 5.41) is 9.91. The monoisotopic (exact) mass is 397 g/mol. The fourth-order valence-electron chi connectivity index (χ4n) is 2.17. The lowest BCUT2D eigenvalue weighted by molar-refractivity contribution is -0.250. The number of aliphatic hydroxyl groups is 1. The number of phosphoric acid groups is 3. The van der Waals surface area contributed by atoms with Gasteiger partial charge in [0.05, 0.1) is 18.8 Å². The lowest BCUT2D eigenvalue weighted by atomic mass is 9.95. The first-order valence-corrected chi connectivity index (χ1v) is 10.7. The first kappa shape index (κ1) is 21.4. The molecular weight excluding hydrogens is 381 g/mol. The normalized spacial score (nSPS) is 36.1. The highest BCUT2D eigenvalue weighted by atomic mass is 31.3. The molecule has 0 aliphatic carbocycles. The van der Waals surface area contributed by atoms with Gasteiger partial charge in [-0.05, 0) is 13.3 Å². The second-order valence-corrected chi connectivity index (χ2v) is 9.05. The summed E-state index contributed by atoms with van der Waals surface area (Å²) in [7, 11) is -17.2. The van der Waals surface area contributed by atoms with Crippen LogP contribution in [-0.2, 0) is 31.6 Å². The van der Waals surface area contributed by atoms with Gasteiger partial charge >= 0.3 is 0 Å². The average molecular weight is 397 g/mol. The summed E-state index contributed by atoms with van der Waals surface area (Å²) in [4.78, 5) is 40.8. The minimum atomic E-state index is -5.92. The van der Waals surface area contributed by atoms with Crippen molar-refractivity contribution < 1.29 is 56.3 Å². The SMILES string of the molecule is CCC1C(C)OC(COP(=O)([O-])OP(=O)([O-])OP(=O)([O-])O)C1O. The summed E-state index contributed by atoms with van der Waals surface area (Å²) < 4.78 is 48.7. The van der Waals surface area contributed by atoms with Gasteiger partial charge in [0.2, 0.25) is 0 Å². The summed E-state index contributed by atoms with van der Waals surface area (Å²) in [5.41, 5.74) is 0. The van der Waals surface area contributed by atoms with E-state index in [0.29, 0.717) is 6.42 Å². The van der Waals surface area contributed by atoms with Crippen LogP contribution in [0.1, 0.15) is 20.3 Å². The zero-order chi connectivity index (χ0) is 18.1. The first-order valence-electron chi connectivity index (χ1n) is 6.33. The zero-order valence-electron chi connectivity index (χ0n) is 12.0. The quantitative estimate of drug-likeness (QED) is 0.455. The number of rotatable bonds is 8. The van der Waals surface area contributed by atoms with Crippen LogP contribution in [0, 0.1) is 5.92 Å². The molecule has 12 nitrogen and oxygen atoms in total. The summed E-state index contributed by atoms with van der Waals surface area (Å²) in [5.74, 6) is -0.259. The van der Waals surface area contributed by atoms with Crippen molar-refractivity contribution in [2.75, 3.05) is 6.61 Å². The third-order valence-corrected chi connectivity index (χ3v) is 6.77. The van der Waals surface area contributed by atoms with Crippen LogP contribution in [0.4, 0.5) is 0 Å². The van der Waals surface area contributed by atoms with E-state index in [4.69, 9.17) is 9.63 Å². The molecule has 2 N–H and O–H groups in total. The van der Waals surface area contributed by atoms with Gasteiger partial charge in [-0.3, -0.25) is 13.7 Å². The maximum absolute atomic E-state index is 11.3. The van der Waals surface area contributed by atoms with Crippen LogP contribution in [0.3, 0.4) is 0 Å². The molecule has 15 heteroatoms. The van der Waals surface area contributed by atoms with E-state index in [1.165, 1.54) is 0 Å². The molecule has 0 aromatic heterocycles. The third-order valence-electron chi connectivity index (χ3n) is 3.08. The molecule has 0 bridgehead atoms. The standard InChI is InChI=1S/C8H19O12P3/c1-3-6-5(2)18-7(8(6)9)4-17-22(13,14)20-23(15,16)19-21(10,11)12/h5-9H,3-4H2,1-2H3,(H,13,14)(H,15,16)(H2,10,11,12)/p-3. The number of phosphoric ester groups is 1. The summed E-state index contributed by atoms with van der Waals surface area (Å²) in [6.07, 6.45) is -1.89. The summed E-state index contributed by atoms with van der Waals surface area (Å²) >= 11 is 0. The smallest absolute Gasteiger partial charge is 0.280 e. The lowest BCUT2D eigenvalue weighted by Gasteiger charge is -2.33. The van der Waals surface area contributed by atoms with Crippen LogP contribution in [0.2, 0.25) is 0 Å². The van der Waals surface area contributed by atoms with Crippen molar-refractivity contribution in [2.24, 2.45) is 5.92 Å². The highest BCUT2D eigenvalue weighted by Crippen LogP contribution is 2.61. The minimum Gasteiger partial charge on any atom is -0.756 e. The number of ether oxygens (including phenoxy) is 1. The topological polar surface area (TPSA) is 198 Å². The predicted molar refractivity (Wildman–Crippen MR) is 67.3 cm³/mol. The second kappa shape index (κ2) is 7.70. The van der Waals surface area contributed by atoms with E-state index in [2.05, 4.69) is 13.1 Å². The van der Waals surface area contributed by atoms with E-state index in [1.54, 1.807) is 13.8 Å². The van der Waals surface area contributed by atoms with Crippen molar-refractivity contribution in [3.8, 4) is 0 Å². The fourth-order valence-corrected chi connectivity index (χ4v) is 5.07. The zero-order valence-corrected chi connectivity index (χ0v) is 14.7. The van der Waals surface area contributed by atoms with Crippen molar-refractivity contribution in [1.29, 1.82) is 0 Å². The van der Waals surface area contributed by atoms with Crippen LogP contribution in [0.15, 0.2) is 0 Å². The molecule has 1 rings (SSSR count). The van der Waals surface area contributed by atoms with Gasteiger partial charge in [0.25, 0.3) is 23.5 Å². The Labute approximate surface area is 131 Å². The Morgan fingerprint density at radius 1 is 1.13 bits per heavy atom. The molecule has 1 aliphatic rings. The van der Waals surface area contributed by atoms with Crippen LogP contribution in [-0.4, -0.2) is 34.9 Å². The Kier molecular flexibility index (Phi) is 7.15. The Morgan fingerprint density at radius 2 is 1.70 bits per heavy atom. The highest BCUT2D eigenvalue weighted by molar-refractivity contribution is 7.65. The Morgan fingerprint density at radius 3 is 2.13 bits per heavy atom. The fraction of sp³-hybridized carbons (Fsp3) is 1.00. The van der Waals surface area contributed by atoms with Gasteiger partial charge in [0.1, 0.15) is 6.10 Å². The molecule has 1 fully saturated rings. The van der Waals surface area contributed by atoms with E-state index in [9.17, 15) is 33.5 Å². The number of hydrogen-bond acceptors (Lipinski definition) is 11. The van der Waals surface area contributed by atoms with Crippen molar-refractivity contribution >= 4 is 23.5 Å². The van der Waals surface area contributed by atoms with E-state index in [1.807, 2.05) is 0 Å². The molecule has 0 aromatic carbocycles. The molecule has 0 saturated carbocycles. The summed E-state index contributed by atoms with van der Waals surface area (Å²) in [6, 6.07) is 0. The third kappa shape index (κ3) is 6.99. The number of hydrogen-bond donors (Lipinski definition) is 2. The average Bonchev–Trinajstić information content (AvgIpc) is 2.56. The van der Waals surface area contributed by atoms with Gasteiger partial charge < -0.3 is 33.9 Å². The Balaban J connectivity index is 2.61. The van der Waals surface area contributed by atoms with Crippen LogP contribution >= 0.6 is 23.5 Å². The number of aliphatic hydroxyl groups excluding tert-OH is 1. The lowest BCUT2D eigenvalue weighted by Crippen LogP contribution is -2.30. The Hall–Kier alpha value is 0.330. The van der Waals surface area contributed by atoms with Crippen molar-refractivity contribution in [3.05, 3.63) is 0 Å². The minimum absolute atomic E-state index is 0.259. The van der Waals surface area contributed by atoms with E-state index < -0.39 is 42.3 Å². The molecule has 1 saturated heterocycles. The molecule has 0 spiro atoms. The van der Waals surface area contributed by atoms with Crippen LogP contribution in [0.5, 0.6) is 0 Å². The van der Waals surface area contributed by atoms with Crippen molar-refractivity contribution in [3.63, 3.8) is 0 Å². The van der Waals surface area contributed by atoms with Gasteiger partial charge in [0.15, 0.2) is 0 Å². The van der Waals surface area contributed by atoms with E-state index in [-0.39, 0.29) is 12.0 Å². The van der Waals surface area contributed by atoms with Gasteiger partial charge in [-0.1, -0.05) is 6.92 Å². The van der Waals surface area contributed by atoms with Gasteiger partial charge in [-0.15, -0.1) is 0 Å². The molecule has 7 atom stereocenters. The van der Waals surface area contributed by atoms with Gasteiger partial charge in [-0.25, -0.2) is 8.62 Å². The molecule has 23 heavy (non-hydrogen) atoms. The predicted octanol–water partition coefficient (Wildman–Crippen LogP) is -1.39. The van der Waals surface area contributed by atoms with Gasteiger partial charge in [0, 0.05) is 5.92 Å². The van der Waals surface area contributed by atoms with E-state index >= 15 is 0 Å². The van der Waals surface area contributed by atoms with Crippen LogP contribution < -0.4 is 14.7 Å². The largest absolute Gasteiger partial charge is 0.756 e. The molecule has 0 radical (unpaired) electrons.